The first kappa shape index (κ1) is 17.9. The standard InChI is InChI=1S/C18H19ClN2O3S/c19-16-6-8-17(9-7-16)25(23,24)21-12-10-20(11-13-21)18(22)14-15-4-2-1-3-5-15/h1-9H,10-14H2. The molecule has 1 heterocycles. The molecular weight excluding hydrogens is 360 g/mol. The molecule has 132 valence electrons. The molecule has 7 heteroatoms. The number of amides is 1. The highest BCUT2D eigenvalue weighted by Crippen LogP contribution is 2.20. The number of nitrogens with zero attached hydrogens (tertiary/aromatic N) is 2. The molecule has 0 N–H and O–H groups in total. The SMILES string of the molecule is O=C(Cc1ccccc1)N1CCN(S(=O)(=O)c2ccc(Cl)cc2)CC1. The van der Waals surface area contributed by atoms with Crippen LogP contribution in [0.5, 0.6) is 0 Å². The second kappa shape index (κ2) is 7.56. The fourth-order valence-electron chi connectivity index (χ4n) is 2.82. The number of hydrogen-bond acceptors (Lipinski definition) is 3. The number of halogens is 1. The van der Waals surface area contributed by atoms with Crippen LogP contribution in [0.3, 0.4) is 0 Å². The van der Waals surface area contributed by atoms with Crippen LogP contribution < -0.4 is 0 Å². The maximum absolute atomic E-state index is 12.6. The van der Waals surface area contributed by atoms with E-state index < -0.39 is 10.0 Å². The molecule has 25 heavy (non-hydrogen) atoms. The van der Waals surface area contributed by atoms with Crippen molar-refractivity contribution in [1.82, 2.24) is 9.21 Å². The summed E-state index contributed by atoms with van der Waals surface area (Å²) in [5.74, 6) is 0.0229. The van der Waals surface area contributed by atoms with Crippen LogP contribution in [0.2, 0.25) is 5.02 Å². The predicted octanol–water partition coefficient (Wildman–Crippen LogP) is 2.42. The fourth-order valence-corrected chi connectivity index (χ4v) is 4.36. The molecule has 0 saturated carbocycles. The first-order chi connectivity index (χ1) is 12.0. The molecule has 2 aromatic carbocycles. The van der Waals surface area contributed by atoms with Crippen LogP contribution in [0.25, 0.3) is 0 Å². The minimum Gasteiger partial charge on any atom is -0.340 e. The van der Waals surface area contributed by atoms with Crippen molar-refractivity contribution in [3.8, 4) is 0 Å². The second-order valence-corrected chi connectivity index (χ2v) is 8.28. The first-order valence-electron chi connectivity index (χ1n) is 8.04. The molecule has 0 aromatic heterocycles. The molecule has 5 nitrogen and oxygen atoms in total. The molecule has 1 aliphatic heterocycles. The van der Waals surface area contributed by atoms with Gasteiger partial charge in [-0.25, -0.2) is 8.42 Å². The van der Waals surface area contributed by atoms with Crippen LogP contribution >= 0.6 is 11.6 Å². The molecular formula is C18H19ClN2O3S. The zero-order valence-corrected chi connectivity index (χ0v) is 15.2. The lowest BCUT2D eigenvalue weighted by Gasteiger charge is -2.34. The van der Waals surface area contributed by atoms with Gasteiger partial charge in [0, 0.05) is 31.2 Å². The number of carbonyl (C=O) groups excluding carboxylic acids is 1. The number of sulfonamides is 1. The fraction of sp³-hybridized carbons (Fsp3) is 0.278. The summed E-state index contributed by atoms with van der Waals surface area (Å²) in [6.45, 7) is 1.40. The highest BCUT2D eigenvalue weighted by molar-refractivity contribution is 7.89. The summed E-state index contributed by atoms with van der Waals surface area (Å²) >= 11 is 5.82. The van der Waals surface area contributed by atoms with Crippen LogP contribution in [0.15, 0.2) is 59.5 Å². The topological polar surface area (TPSA) is 57.7 Å². The lowest BCUT2D eigenvalue weighted by atomic mass is 10.1. The Morgan fingerprint density at radius 3 is 2.12 bits per heavy atom. The average Bonchev–Trinajstić information content (AvgIpc) is 2.63. The maximum atomic E-state index is 12.6. The van der Waals surface area contributed by atoms with E-state index >= 15 is 0 Å². The molecule has 1 saturated heterocycles. The van der Waals surface area contributed by atoms with Crippen molar-refractivity contribution in [2.24, 2.45) is 0 Å². The molecule has 2 aromatic rings. The molecule has 0 bridgehead atoms. The Bertz CT molecular complexity index is 830. The first-order valence-corrected chi connectivity index (χ1v) is 9.86. The van der Waals surface area contributed by atoms with Gasteiger partial charge in [0.25, 0.3) is 0 Å². The monoisotopic (exact) mass is 378 g/mol. The largest absolute Gasteiger partial charge is 0.340 e. The van der Waals surface area contributed by atoms with Crippen LogP contribution in [-0.4, -0.2) is 49.7 Å². The zero-order valence-electron chi connectivity index (χ0n) is 13.6. The molecule has 1 fully saturated rings. The Morgan fingerprint density at radius 2 is 1.52 bits per heavy atom. The lowest BCUT2D eigenvalue weighted by molar-refractivity contribution is -0.131. The van der Waals surface area contributed by atoms with E-state index in [0.717, 1.165) is 5.56 Å². The summed E-state index contributed by atoms with van der Waals surface area (Å²) in [5.41, 5.74) is 0.962. The van der Waals surface area contributed by atoms with Crippen molar-refractivity contribution in [1.29, 1.82) is 0 Å². The van der Waals surface area contributed by atoms with Crippen molar-refractivity contribution in [2.45, 2.75) is 11.3 Å². The van der Waals surface area contributed by atoms with Gasteiger partial charge in [0.2, 0.25) is 15.9 Å². The van der Waals surface area contributed by atoms with Gasteiger partial charge < -0.3 is 4.90 Å². The van der Waals surface area contributed by atoms with Crippen LogP contribution in [-0.2, 0) is 21.2 Å². The molecule has 0 aliphatic carbocycles. The van der Waals surface area contributed by atoms with Crippen LogP contribution in [0.4, 0.5) is 0 Å². The van der Waals surface area contributed by atoms with Crippen molar-refractivity contribution in [3.05, 3.63) is 65.2 Å². The molecule has 0 radical (unpaired) electrons. The summed E-state index contributed by atoms with van der Waals surface area (Å²) in [7, 11) is -3.55. The molecule has 0 atom stereocenters. The van der Waals surface area contributed by atoms with Crippen LogP contribution in [0, 0.1) is 0 Å². The van der Waals surface area contributed by atoms with E-state index in [1.807, 2.05) is 30.3 Å². The molecule has 1 aliphatic rings. The molecule has 0 spiro atoms. The third kappa shape index (κ3) is 4.21. The summed E-state index contributed by atoms with van der Waals surface area (Å²) in [5, 5.41) is 0.496. The Hall–Kier alpha value is -1.89. The minimum absolute atomic E-state index is 0.0229. The van der Waals surface area contributed by atoms with E-state index in [1.54, 1.807) is 17.0 Å². The van der Waals surface area contributed by atoms with Gasteiger partial charge in [-0.3, -0.25) is 4.79 Å². The maximum Gasteiger partial charge on any atom is 0.243 e. The van der Waals surface area contributed by atoms with Gasteiger partial charge in [0.1, 0.15) is 0 Å². The van der Waals surface area contributed by atoms with Gasteiger partial charge in [-0.2, -0.15) is 4.31 Å². The van der Waals surface area contributed by atoms with Crippen molar-refractivity contribution in [2.75, 3.05) is 26.2 Å². The minimum atomic E-state index is -3.55. The van der Waals surface area contributed by atoms with E-state index in [4.69, 9.17) is 11.6 Å². The van der Waals surface area contributed by atoms with Crippen LogP contribution in [0.1, 0.15) is 5.56 Å². The van der Waals surface area contributed by atoms with E-state index in [0.29, 0.717) is 37.6 Å². The number of piperazine rings is 1. The summed E-state index contributed by atoms with van der Waals surface area (Å²) in [4.78, 5) is 14.3. The number of benzene rings is 2. The van der Waals surface area contributed by atoms with E-state index in [2.05, 4.69) is 0 Å². The van der Waals surface area contributed by atoms with Gasteiger partial charge in [-0.15, -0.1) is 0 Å². The Kier molecular flexibility index (Phi) is 5.42. The quantitative estimate of drug-likeness (QED) is 0.821. The summed E-state index contributed by atoms with van der Waals surface area (Å²) in [6, 6.07) is 15.7. The lowest BCUT2D eigenvalue weighted by Crippen LogP contribution is -2.50. The Labute approximate surface area is 152 Å². The normalized spacial score (nSPS) is 16.0. The highest BCUT2D eigenvalue weighted by Gasteiger charge is 2.29. The van der Waals surface area contributed by atoms with Gasteiger partial charge in [0.05, 0.1) is 11.3 Å². The highest BCUT2D eigenvalue weighted by atomic mass is 35.5. The van der Waals surface area contributed by atoms with E-state index in [1.165, 1.54) is 16.4 Å². The number of rotatable bonds is 4. The van der Waals surface area contributed by atoms with Crippen molar-refractivity contribution >= 4 is 27.5 Å². The van der Waals surface area contributed by atoms with Crippen molar-refractivity contribution in [3.63, 3.8) is 0 Å². The van der Waals surface area contributed by atoms with Gasteiger partial charge in [0.15, 0.2) is 0 Å². The Morgan fingerprint density at radius 1 is 0.920 bits per heavy atom. The zero-order chi connectivity index (χ0) is 17.9. The number of hydrogen-bond donors (Lipinski definition) is 0. The van der Waals surface area contributed by atoms with Gasteiger partial charge >= 0.3 is 0 Å². The van der Waals surface area contributed by atoms with E-state index in [9.17, 15) is 13.2 Å². The molecule has 0 unspecified atom stereocenters. The second-order valence-electron chi connectivity index (χ2n) is 5.90. The number of carbonyl (C=O) groups is 1. The van der Waals surface area contributed by atoms with Gasteiger partial charge in [-0.1, -0.05) is 41.9 Å². The molecule has 3 rings (SSSR count). The summed E-state index contributed by atoms with van der Waals surface area (Å²) in [6.07, 6.45) is 0.338. The molecule has 1 amide bonds. The summed E-state index contributed by atoms with van der Waals surface area (Å²) < 4.78 is 26.7. The Balaban J connectivity index is 1.61. The third-order valence-electron chi connectivity index (χ3n) is 4.24. The average molecular weight is 379 g/mol. The predicted molar refractivity (Wildman–Crippen MR) is 96.9 cm³/mol. The van der Waals surface area contributed by atoms with Crippen molar-refractivity contribution < 1.29 is 13.2 Å². The van der Waals surface area contributed by atoms with Gasteiger partial charge in [-0.05, 0) is 29.8 Å². The third-order valence-corrected chi connectivity index (χ3v) is 6.41. The smallest absolute Gasteiger partial charge is 0.243 e. The van der Waals surface area contributed by atoms with E-state index in [-0.39, 0.29) is 10.8 Å².